The highest BCUT2D eigenvalue weighted by atomic mass is 16.5. The van der Waals surface area contributed by atoms with Crippen LogP contribution in [0.3, 0.4) is 0 Å². The zero-order chi connectivity index (χ0) is 15.1. The van der Waals surface area contributed by atoms with Crippen LogP contribution in [0.2, 0.25) is 0 Å². The molecule has 1 unspecified atom stereocenters. The fourth-order valence-electron chi connectivity index (χ4n) is 2.66. The van der Waals surface area contributed by atoms with Crippen LogP contribution in [-0.4, -0.2) is 32.1 Å². The molecule has 0 saturated carbocycles. The van der Waals surface area contributed by atoms with E-state index in [1.54, 1.807) is 0 Å². The Morgan fingerprint density at radius 1 is 1.43 bits per heavy atom. The van der Waals surface area contributed by atoms with Crippen LogP contribution < -0.4 is 15.4 Å². The van der Waals surface area contributed by atoms with Crippen molar-refractivity contribution in [3.63, 3.8) is 0 Å². The van der Waals surface area contributed by atoms with E-state index in [1.165, 1.54) is 18.4 Å². The average molecular weight is 290 g/mol. The van der Waals surface area contributed by atoms with E-state index >= 15 is 0 Å². The minimum absolute atomic E-state index is 0.0744. The second-order valence-corrected chi connectivity index (χ2v) is 5.88. The summed E-state index contributed by atoms with van der Waals surface area (Å²) >= 11 is 0. The van der Waals surface area contributed by atoms with Crippen LogP contribution in [0.25, 0.3) is 0 Å². The molecule has 4 nitrogen and oxygen atoms in total. The minimum atomic E-state index is 0.0744. The summed E-state index contributed by atoms with van der Waals surface area (Å²) in [6.07, 6.45) is 2.82. The third-order valence-corrected chi connectivity index (χ3v) is 3.90. The van der Waals surface area contributed by atoms with Gasteiger partial charge in [-0.2, -0.15) is 0 Å². The molecule has 116 valence electrons. The van der Waals surface area contributed by atoms with E-state index in [9.17, 15) is 4.79 Å². The number of ether oxygens (including phenoxy) is 1. The molecule has 4 heteroatoms. The first-order chi connectivity index (χ1) is 10.1. The van der Waals surface area contributed by atoms with Gasteiger partial charge in [-0.25, -0.2) is 0 Å². The average Bonchev–Trinajstić information content (AvgIpc) is 2.48. The van der Waals surface area contributed by atoms with Gasteiger partial charge in [-0.1, -0.05) is 17.7 Å². The van der Waals surface area contributed by atoms with E-state index < -0.39 is 0 Å². The molecule has 1 amide bonds. The maximum absolute atomic E-state index is 11.8. The van der Waals surface area contributed by atoms with Gasteiger partial charge in [0.2, 0.25) is 5.91 Å². The number of rotatable bonds is 6. The standard InChI is InChI=1S/C17H26N2O2/c1-13-5-6-16(14(2)10-13)21-9-7-17(20)19-12-15-4-3-8-18-11-15/h5-6,10,15,18H,3-4,7-9,11-12H2,1-2H3,(H,19,20). The zero-order valence-corrected chi connectivity index (χ0v) is 13.1. The molecule has 0 aromatic heterocycles. The molecule has 1 atom stereocenters. The molecule has 2 rings (SSSR count). The van der Waals surface area contributed by atoms with Crippen molar-refractivity contribution in [2.45, 2.75) is 33.1 Å². The first-order valence-electron chi connectivity index (χ1n) is 7.82. The largest absolute Gasteiger partial charge is 0.493 e. The first kappa shape index (κ1) is 15.8. The molecule has 1 aromatic rings. The lowest BCUT2D eigenvalue weighted by atomic mass is 10.00. The number of hydrogen-bond donors (Lipinski definition) is 2. The molecule has 21 heavy (non-hydrogen) atoms. The zero-order valence-electron chi connectivity index (χ0n) is 13.1. The predicted molar refractivity (Wildman–Crippen MR) is 84.6 cm³/mol. The van der Waals surface area contributed by atoms with Crippen molar-refractivity contribution in [3.8, 4) is 5.75 Å². The van der Waals surface area contributed by atoms with Crippen LogP contribution in [0, 0.1) is 19.8 Å². The van der Waals surface area contributed by atoms with Crippen LogP contribution in [0.15, 0.2) is 18.2 Å². The summed E-state index contributed by atoms with van der Waals surface area (Å²) in [6, 6.07) is 6.08. The highest BCUT2D eigenvalue weighted by Gasteiger charge is 2.13. The van der Waals surface area contributed by atoms with Gasteiger partial charge in [0.25, 0.3) is 0 Å². The van der Waals surface area contributed by atoms with Crippen LogP contribution in [0.5, 0.6) is 5.75 Å². The fourth-order valence-corrected chi connectivity index (χ4v) is 2.66. The molecule has 1 fully saturated rings. The number of carbonyl (C=O) groups excluding carboxylic acids is 1. The lowest BCUT2D eigenvalue weighted by Crippen LogP contribution is -2.38. The molecule has 1 saturated heterocycles. The summed E-state index contributed by atoms with van der Waals surface area (Å²) in [5.74, 6) is 1.51. The van der Waals surface area contributed by atoms with Crippen LogP contribution in [0.1, 0.15) is 30.4 Å². The normalized spacial score (nSPS) is 18.3. The van der Waals surface area contributed by atoms with Gasteiger partial charge in [0.15, 0.2) is 0 Å². The number of nitrogens with one attached hydrogen (secondary N) is 2. The van der Waals surface area contributed by atoms with Gasteiger partial charge in [0.1, 0.15) is 5.75 Å². The Bertz CT molecular complexity index is 468. The van der Waals surface area contributed by atoms with Gasteiger partial charge < -0.3 is 15.4 Å². The van der Waals surface area contributed by atoms with Gasteiger partial charge in [0.05, 0.1) is 13.0 Å². The van der Waals surface area contributed by atoms with Crippen molar-refractivity contribution >= 4 is 5.91 Å². The van der Waals surface area contributed by atoms with Crippen LogP contribution in [0.4, 0.5) is 0 Å². The monoisotopic (exact) mass is 290 g/mol. The summed E-state index contributed by atoms with van der Waals surface area (Å²) in [7, 11) is 0. The maximum atomic E-state index is 11.8. The molecule has 2 N–H and O–H groups in total. The van der Waals surface area contributed by atoms with Gasteiger partial charge in [-0.15, -0.1) is 0 Å². The topological polar surface area (TPSA) is 50.4 Å². The van der Waals surface area contributed by atoms with Crippen LogP contribution in [-0.2, 0) is 4.79 Å². The van der Waals surface area contributed by atoms with Crippen molar-refractivity contribution in [2.75, 3.05) is 26.2 Å². The summed E-state index contributed by atoms with van der Waals surface area (Å²) in [6.45, 7) is 7.41. The van der Waals surface area contributed by atoms with E-state index in [1.807, 2.05) is 19.1 Å². The quantitative estimate of drug-likeness (QED) is 0.844. The van der Waals surface area contributed by atoms with Gasteiger partial charge in [0, 0.05) is 6.54 Å². The summed E-state index contributed by atoms with van der Waals surface area (Å²) in [5, 5.41) is 6.36. The molecule has 0 aliphatic carbocycles. The third kappa shape index (κ3) is 5.38. The van der Waals surface area contributed by atoms with Crippen molar-refractivity contribution < 1.29 is 9.53 Å². The van der Waals surface area contributed by atoms with E-state index in [2.05, 4.69) is 23.6 Å². The number of carbonyl (C=O) groups is 1. The molecule has 0 spiro atoms. The van der Waals surface area contributed by atoms with E-state index in [-0.39, 0.29) is 5.91 Å². The van der Waals surface area contributed by atoms with Gasteiger partial charge in [-0.3, -0.25) is 4.79 Å². The van der Waals surface area contributed by atoms with E-state index in [4.69, 9.17) is 4.74 Å². The van der Waals surface area contributed by atoms with Crippen molar-refractivity contribution in [3.05, 3.63) is 29.3 Å². The second kappa shape index (κ2) is 8.03. The van der Waals surface area contributed by atoms with Crippen LogP contribution >= 0.6 is 0 Å². The Hall–Kier alpha value is -1.55. The van der Waals surface area contributed by atoms with E-state index in [0.29, 0.717) is 18.9 Å². The fraction of sp³-hybridized carbons (Fsp3) is 0.588. The Morgan fingerprint density at radius 3 is 3.00 bits per heavy atom. The lowest BCUT2D eigenvalue weighted by molar-refractivity contribution is -0.121. The maximum Gasteiger partial charge on any atom is 0.223 e. The van der Waals surface area contributed by atoms with E-state index in [0.717, 1.165) is 30.9 Å². The predicted octanol–water partition coefficient (Wildman–Crippen LogP) is 2.19. The Kier molecular flexibility index (Phi) is 6.05. The SMILES string of the molecule is Cc1ccc(OCCC(=O)NCC2CCCNC2)c(C)c1. The molecule has 0 bridgehead atoms. The summed E-state index contributed by atoms with van der Waals surface area (Å²) in [4.78, 5) is 11.8. The number of hydrogen-bond acceptors (Lipinski definition) is 3. The smallest absolute Gasteiger partial charge is 0.223 e. The third-order valence-electron chi connectivity index (χ3n) is 3.90. The second-order valence-electron chi connectivity index (χ2n) is 5.88. The van der Waals surface area contributed by atoms with Gasteiger partial charge >= 0.3 is 0 Å². The lowest BCUT2D eigenvalue weighted by Gasteiger charge is -2.22. The number of benzene rings is 1. The Balaban J connectivity index is 1.64. The molecule has 1 heterocycles. The first-order valence-corrected chi connectivity index (χ1v) is 7.82. The van der Waals surface area contributed by atoms with Gasteiger partial charge in [-0.05, 0) is 57.3 Å². The number of aryl methyl sites for hydroxylation is 2. The molecule has 1 aliphatic heterocycles. The molecular formula is C17H26N2O2. The Morgan fingerprint density at radius 2 is 2.29 bits per heavy atom. The summed E-state index contributed by atoms with van der Waals surface area (Å²) in [5.41, 5.74) is 2.34. The van der Waals surface area contributed by atoms with Crippen molar-refractivity contribution in [1.29, 1.82) is 0 Å². The molecule has 1 aromatic carbocycles. The molecular weight excluding hydrogens is 264 g/mol. The number of piperidine rings is 1. The van der Waals surface area contributed by atoms with Crippen molar-refractivity contribution in [1.82, 2.24) is 10.6 Å². The summed E-state index contributed by atoms with van der Waals surface area (Å²) < 4.78 is 5.68. The molecule has 1 aliphatic rings. The Labute approximate surface area is 127 Å². The highest BCUT2D eigenvalue weighted by Crippen LogP contribution is 2.18. The molecule has 0 radical (unpaired) electrons. The number of amides is 1. The van der Waals surface area contributed by atoms with Crippen molar-refractivity contribution in [2.24, 2.45) is 5.92 Å². The minimum Gasteiger partial charge on any atom is -0.493 e. The highest BCUT2D eigenvalue weighted by molar-refractivity contribution is 5.76.